The Kier molecular flexibility index (Phi) is 4.81. The zero-order chi connectivity index (χ0) is 14.7. The Morgan fingerprint density at radius 2 is 2.30 bits per heavy atom. The maximum absolute atomic E-state index is 12.2. The fourth-order valence-corrected chi connectivity index (χ4v) is 3.50. The molecule has 0 bridgehead atoms. The summed E-state index contributed by atoms with van der Waals surface area (Å²) >= 11 is 0. The molecule has 110 valence electrons. The molecular weight excluding hydrogens is 276 g/mol. The second-order valence-corrected chi connectivity index (χ2v) is 7.09. The number of fused-ring (bicyclic) bond motifs is 1. The summed E-state index contributed by atoms with van der Waals surface area (Å²) in [6, 6.07) is 6.08. The summed E-state index contributed by atoms with van der Waals surface area (Å²) in [5.41, 5.74) is 2.38. The Bertz CT molecular complexity index is 527. The zero-order valence-corrected chi connectivity index (χ0v) is 12.9. The molecule has 0 aliphatic carbocycles. The first-order valence-electron chi connectivity index (χ1n) is 6.69. The number of aryl methyl sites for hydroxylation is 1. The van der Waals surface area contributed by atoms with Gasteiger partial charge in [0.15, 0.2) is 0 Å². The molecular formula is C15H20O4S. The van der Waals surface area contributed by atoms with E-state index in [9.17, 15) is 9.00 Å². The lowest BCUT2D eigenvalue weighted by Gasteiger charge is -2.14. The average molecular weight is 296 g/mol. The van der Waals surface area contributed by atoms with Crippen molar-refractivity contribution in [1.82, 2.24) is 0 Å². The van der Waals surface area contributed by atoms with Crippen molar-refractivity contribution in [2.45, 2.75) is 38.0 Å². The molecule has 1 heterocycles. The number of hydrogen-bond acceptors (Lipinski definition) is 4. The Morgan fingerprint density at radius 3 is 3.00 bits per heavy atom. The molecule has 2 rings (SSSR count). The van der Waals surface area contributed by atoms with E-state index < -0.39 is 10.8 Å². The summed E-state index contributed by atoms with van der Waals surface area (Å²) in [5.74, 6) is 1.02. The van der Waals surface area contributed by atoms with Crippen molar-refractivity contribution in [3.63, 3.8) is 0 Å². The molecule has 1 aromatic carbocycles. The predicted molar refractivity (Wildman–Crippen MR) is 78.4 cm³/mol. The van der Waals surface area contributed by atoms with E-state index in [1.807, 2.05) is 19.1 Å². The highest BCUT2D eigenvalue weighted by Crippen LogP contribution is 2.30. The second kappa shape index (κ2) is 6.39. The van der Waals surface area contributed by atoms with Crippen LogP contribution in [0, 0.1) is 6.92 Å². The van der Waals surface area contributed by atoms with E-state index in [0.29, 0.717) is 5.75 Å². The maximum Gasteiger partial charge on any atom is 0.306 e. The number of hydrogen-bond donors (Lipinski definition) is 0. The summed E-state index contributed by atoms with van der Waals surface area (Å²) in [5, 5.41) is -0.212. The van der Waals surface area contributed by atoms with Crippen LogP contribution >= 0.6 is 0 Å². The van der Waals surface area contributed by atoms with E-state index in [2.05, 4.69) is 10.8 Å². The largest absolute Gasteiger partial charge is 0.489 e. The van der Waals surface area contributed by atoms with Crippen molar-refractivity contribution in [1.29, 1.82) is 0 Å². The van der Waals surface area contributed by atoms with E-state index in [1.165, 1.54) is 18.2 Å². The maximum atomic E-state index is 12.2. The minimum Gasteiger partial charge on any atom is -0.489 e. The number of rotatable bonds is 5. The molecule has 0 fully saturated rings. The van der Waals surface area contributed by atoms with Crippen LogP contribution in [0.25, 0.3) is 0 Å². The van der Waals surface area contributed by atoms with E-state index in [1.54, 1.807) is 6.92 Å². The van der Waals surface area contributed by atoms with Crippen molar-refractivity contribution < 1.29 is 18.5 Å². The smallest absolute Gasteiger partial charge is 0.306 e. The first-order chi connectivity index (χ1) is 9.49. The number of ether oxygens (including phenoxy) is 2. The van der Waals surface area contributed by atoms with Crippen LogP contribution in [-0.4, -0.2) is 34.4 Å². The van der Waals surface area contributed by atoms with Gasteiger partial charge in [-0.1, -0.05) is 24.6 Å². The minimum atomic E-state index is -1.10. The fraction of sp³-hybridized carbons (Fsp3) is 0.533. The van der Waals surface area contributed by atoms with Gasteiger partial charge in [-0.25, -0.2) is 0 Å². The molecule has 5 heteroatoms. The SMILES string of the molecule is COC(=O)CC(C)S(=O)CC1Cc2cc(C)ccc2O1. The van der Waals surface area contributed by atoms with Crippen LogP contribution in [0.3, 0.4) is 0 Å². The average Bonchev–Trinajstić information content (AvgIpc) is 2.79. The topological polar surface area (TPSA) is 52.6 Å². The van der Waals surface area contributed by atoms with Crippen LogP contribution in [0.1, 0.15) is 24.5 Å². The van der Waals surface area contributed by atoms with Crippen molar-refractivity contribution in [3.05, 3.63) is 29.3 Å². The van der Waals surface area contributed by atoms with Gasteiger partial charge in [0, 0.05) is 22.5 Å². The van der Waals surface area contributed by atoms with Gasteiger partial charge in [-0.15, -0.1) is 0 Å². The highest BCUT2D eigenvalue weighted by atomic mass is 32.2. The van der Waals surface area contributed by atoms with Crippen LogP contribution in [-0.2, 0) is 26.8 Å². The summed E-state index contributed by atoms with van der Waals surface area (Å²) < 4.78 is 22.6. The molecule has 0 radical (unpaired) electrons. The fourth-order valence-electron chi connectivity index (χ4n) is 2.30. The van der Waals surface area contributed by atoms with E-state index in [4.69, 9.17) is 4.74 Å². The number of methoxy groups -OCH3 is 1. The molecule has 4 nitrogen and oxygen atoms in total. The second-order valence-electron chi connectivity index (χ2n) is 5.19. The van der Waals surface area contributed by atoms with Crippen LogP contribution in [0.2, 0.25) is 0 Å². The van der Waals surface area contributed by atoms with Crippen LogP contribution in [0.5, 0.6) is 5.75 Å². The molecule has 1 aliphatic rings. The molecule has 0 saturated heterocycles. The third-order valence-electron chi connectivity index (χ3n) is 3.44. The summed E-state index contributed by atoms with van der Waals surface area (Å²) in [7, 11) is 0.248. The molecule has 0 amide bonds. The van der Waals surface area contributed by atoms with Crippen LogP contribution in [0.4, 0.5) is 0 Å². The van der Waals surface area contributed by atoms with Crippen molar-refractivity contribution in [3.8, 4) is 5.75 Å². The first-order valence-corrected chi connectivity index (χ1v) is 8.08. The molecule has 20 heavy (non-hydrogen) atoms. The molecule has 0 aromatic heterocycles. The molecule has 0 N–H and O–H groups in total. The van der Waals surface area contributed by atoms with Crippen molar-refractivity contribution in [2.75, 3.05) is 12.9 Å². The number of carbonyl (C=O) groups is 1. The first kappa shape index (κ1) is 15.0. The van der Waals surface area contributed by atoms with Gasteiger partial charge < -0.3 is 9.47 Å². The molecule has 3 unspecified atom stereocenters. The van der Waals surface area contributed by atoms with Gasteiger partial charge in [0.25, 0.3) is 0 Å². The highest BCUT2D eigenvalue weighted by molar-refractivity contribution is 7.85. The van der Waals surface area contributed by atoms with E-state index >= 15 is 0 Å². The summed E-state index contributed by atoms with van der Waals surface area (Å²) in [6.45, 7) is 3.85. The minimum absolute atomic E-state index is 0.0623. The Labute approximate surface area is 121 Å². The van der Waals surface area contributed by atoms with Crippen LogP contribution in [0.15, 0.2) is 18.2 Å². The van der Waals surface area contributed by atoms with Gasteiger partial charge in [0.1, 0.15) is 11.9 Å². The van der Waals surface area contributed by atoms with Gasteiger partial charge in [-0.05, 0) is 18.6 Å². The Balaban J connectivity index is 1.90. The predicted octanol–water partition coefficient (Wildman–Crippen LogP) is 2.00. The highest BCUT2D eigenvalue weighted by Gasteiger charge is 2.27. The molecule has 1 aromatic rings. The molecule has 3 atom stereocenters. The zero-order valence-electron chi connectivity index (χ0n) is 12.0. The standard InChI is InChI=1S/C15H20O4S/c1-10-4-5-14-12(6-10)8-13(19-14)9-20(17)11(2)7-15(16)18-3/h4-6,11,13H,7-9H2,1-3H3. The van der Waals surface area contributed by atoms with Gasteiger partial charge >= 0.3 is 5.97 Å². The van der Waals surface area contributed by atoms with Crippen LogP contribution < -0.4 is 4.74 Å². The van der Waals surface area contributed by atoms with Crippen molar-refractivity contribution in [2.24, 2.45) is 0 Å². The third kappa shape index (κ3) is 3.60. The van der Waals surface area contributed by atoms with Gasteiger partial charge in [-0.2, -0.15) is 0 Å². The lowest BCUT2D eigenvalue weighted by Crippen LogP contribution is -2.28. The van der Waals surface area contributed by atoms with E-state index in [-0.39, 0.29) is 23.7 Å². The van der Waals surface area contributed by atoms with E-state index in [0.717, 1.165) is 12.2 Å². The lowest BCUT2D eigenvalue weighted by atomic mass is 10.1. The molecule has 0 spiro atoms. The van der Waals surface area contributed by atoms with Crippen molar-refractivity contribution >= 4 is 16.8 Å². The number of benzene rings is 1. The number of esters is 1. The number of carbonyl (C=O) groups excluding carboxylic acids is 1. The monoisotopic (exact) mass is 296 g/mol. The van der Waals surface area contributed by atoms with Gasteiger partial charge in [0.2, 0.25) is 0 Å². The summed E-state index contributed by atoms with van der Waals surface area (Å²) in [4.78, 5) is 11.2. The van der Waals surface area contributed by atoms with Gasteiger partial charge in [-0.3, -0.25) is 9.00 Å². The third-order valence-corrected chi connectivity index (χ3v) is 5.20. The normalized spacial score (nSPS) is 19.9. The summed E-state index contributed by atoms with van der Waals surface area (Å²) in [6.07, 6.45) is 0.906. The Morgan fingerprint density at radius 1 is 1.55 bits per heavy atom. The Hall–Kier alpha value is -1.36. The lowest BCUT2D eigenvalue weighted by molar-refractivity contribution is -0.140. The quantitative estimate of drug-likeness (QED) is 0.780. The van der Waals surface area contributed by atoms with Gasteiger partial charge in [0.05, 0.1) is 19.3 Å². The molecule has 0 saturated carbocycles. The molecule has 1 aliphatic heterocycles.